The van der Waals surface area contributed by atoms with Crippen LogP contribution < -0.4 is 24.3 Å². The smallest absolute Gasteiger partial charge is 0.323 e. The first-order chi connectivity index (χ1) is 21.4. The second-order valence-corrected chi connectivity index (χ2v) is 11.0. The third-order valence-corrected chi connectivity index (χ3v) is 8.00. The summed E-state index contributed by atoms with van der Waals surface area (Å²) in [6.07, 6.45) is 3.04. The fraction of sp³-hybridized carbons (Fsp3) is 0.219. The van der Waals surface area contributed by atoms with E-state index in [0.717, 1.165) is 21.2 Å². The maximum atomic E-state index is 11.4. The Balaban J connectivity index is 1.37. The minimum absolute atomic E-state index is 0.0481. The number of nitriles is 1. The first-order valence-electron chi connectivity index (χ1n) is 13.5. The van der Waals surface area contributed by atoms with Crippen LogP contribution in [0.3, 0.4) is 0 Å². The topological polar surface area (TPSA) is 143 Å². The van der Waals surface area contributed by atoms with Crippen molar-refractivity contribution in [3.05, 3.63) is 98.7 Å². The number of aliphatic carboxylic acids is 1. The van der Waals surface area contributed by atoms with Crippen molar-refractivity contribution in [3.8, 4) is 40.2 Å². The molecule has 0 spiro atoms. The number of ether oxygens (including phenoxy) is 4. The molecule has 0 fully saturated rings. The Bertz CT molecular complexity index is 1710. The summed E-state index contributed by atoms with van der Waals surface area (Å²) in [7, 11) is 0. The SMILES string of the molecule is N#Cc1cncc(COc2cc(OCc3cccc(-c4ccc5c(c4)OCCO5)c3Br)c(Cl)cc2CNC(CO)C(=O)O)c1. The molecule has 226 valence electrons. The molecule has 4 aromatic rings. The summed E-state index contributed by atoms with van der Waals surface area (Å²) in [6, 6.07) is 17.5. The van der Waals surface area contributed by atoms with Crippen LogP contribution in [0.5, 0.6) is 23.0 Å². The monoisotopic (exact) mass is 679 g/mol. The Morgan fingerprint density at radius 2 is 1.84 bits per heavy atom. The second kappa shape index (κ2) is 14.4. The highest BCUT2D eigenvalue weighted by Crippen LogP contribution is 2.39. The maximum Gasteiger partial charge on any atom is 0.323 e. The zero-order chi connectivity index (χ0) is 31.1. The van der Waals surface area contributed by atoms with Crippen molar-refractivity contribution < 1.29 is 34.0 Å². The number of hydrogen-bond donors (Lipinski definition) is 3. The number of nitrogens with one attached hydrogen (secondary N) is 1. The zero-order valence-electron chi connectivity index (χ0n) is 23.3. The average Bonchev–Trinajstić information content (AvgIpc) is 3.04. The molecule has 1 aliphatic heterocycles. The lowest BCUT2D eigenvalue weighted by atomic mass is 10.0. The van der Waals surface area contributed by atoms with Gasteiger partial charge < -0.3 is 29.2 Å². The number of carbonyl (C=O) groups is 1. The number of carboxylic acid groups (broad SMARTS) is 1. The van der Waals surface area contributed by atoms with Crippen LogP contribution in [0.15, 0.2) is 71.5 Å². The normalized spacial score (nSPS) is 12.7. The molecule has 0 saturated carbocycles. The van der Waals surface area contributed by atoms with Crippen LogP contribution in [0.1, 0.15) is 22.3 Å². The Hall–Kier alpha value is -4.34. The molecular formula is C32H27BrClN3O7. The lowest BCUT2D eigenvalue weighted by molar-refractivity contribution is -0.140. The van der Waals surface area contributed by atoms with Crippen molar-refractivity contribution in [2.45, 2.75) is 25.8 Å². The van der Waals surface area contributed by atoms with Gasteiger partial charge >= 0.3 is 5.97 Å². The van der Waals surface area contributed by atoms with Gasteiger partial charge in [-0.05, 0) is 51.3 Å². The number of hydrogen-bond acceptors (Lipinski definition) is 9. The van der Waals surface area contributed by atoms with Gasteiger partial charge in [0, 0.05) is 46.2 Å². The third kappa shape index (κ3) is 7.41. The van der Waals surface area contributed by atoms with Crippen LogP contribution in [0.2, 0.25) is 5.02 Å². The molecule has 0 aliphatic carbocycles. The van der Waals surface area contributed by atoms with E-state index in [1.54, 1.807) is 24.4 Å². The number of aliphatic hydroxyl groups excluding tert-OH is 1. The van der Waals surface area contributed by atoms with E-state index in [1.807, 2.05) is 42.5 Å². The third-order valence-electron chi connectivity index (χ3n) is 6.77. The van der Waals surface area contributed by atoms with Crippen LogP contribution in [-0.4, -0.2) is 47.0 Å². The predicted octanol–water partition coefficient (Wildman–Crippen LogP) is 5.50. The maximum absolute atomic E-state index is 11.4. The van der Waals surface area contributed by atoms with E-state index in [2.05, 4.69) is 26.2 Å². The highest BCUT2D eigenvalue weighted by Gasteiger charge is 2.19. The highest BCUT2D eigenvalue weighted by molar-refractivity contribution is 9.10. The molecule has 0 bridgehead atoms. The molecule has 0 saturated heterocycles. The Morgan fingerprint density at radius 3 is 2.61 bits per heavy atom. The Labute approximate surface area is 266 Å². The molecule has 3 N–H and O–H groups in total. The van der Waals surface area contributed by atoms with E-state index < -0.39 is 18.6 Å². The van der Waals surface area contributed by atoms with Crippen LogP contribution in [0.25, 0.3) is 11.1 Å². The highest BCUT2D eigenvalue weighted by atomic mass is 79.9. The summed E-state index contributed by atoms with van der Waals surface area (Å²) < 4.78 is 24.5. The Morgan fingerprint density at radius 1 is 1.05 bits per heavy atom. The van der Waals surface area contributed by atoms with Crippen molar-refractivity contribution >= 4 is 33.5 Å². The number of rotatable bonds is 12. The van der Waals surface area contributed by atoms with Gasteiger partial charge in [0.25, 0.3) is 0 Å². The van der Waals surface area contributed by atoms with Crippen molar-refractivity contribution in [1.82, 2.24) is 10.3 Å². The molecule has 0 radical (unpaired) electrons. The van der Waals surface area contributed by atoms with Gasteiger partial charge in [-0.15, -0.1) is 0 Å². The summed E-state index contributed by atoms with van der Waals surface area (Å²) in [5, 5.41) is 31.0. The van der Waals surface area contributed by atoms with E-state index in [9.17, 15) is 20.3 Å². The molecule has 1 aliphatic rings. The molecule has 12 heteroatoms. The first kappa shape index (κ1) is 31.1. The Kier molecular flexibility index (Phi) is 10.2. The van der Waals surface area contributed by atoms with Gasteiger partial charge in [0.05, 0.1) is 17.2 Å². The minimum Gasteiger partial charge on any atom is -0.488 e. The molecule has 1 atom stereocenters. The zero-order valence-corrected chi connectivity index (χ0v) is 25.6. The van der Waals surface area contributed by atoms with Gasteiger partial charge in [-0.1, -0.05) is 35.9 Å². The summed E-state index contributed by atoms with van der Waals surface area (Å²) in [6.45, 7) is 0.738. The van der Waals surface area contributed by atoms with Gasteiger partial charge in [-0.2, -0.15) is 5.26 Å². The quantitative estimate of drug-likeness (QED) is 0.176. The van der Waals surface area contributed by atoms with Crippen LogP contribution in [0.4, 0.5) is 0 Å². The number of benzene rings is 3. The van der Waals surface area contributed by atoms with Gasteiger partial charge in [-0.25, -0.2) is 0 Å². The molecule has 1 aromatic heterocycles. The number of nitrogens with zero attached hydrogens (tertiary/aromatic N) is 2. The fourth-order valence-electron chi connectivity index (χ4n) is 4.49. The van der Waals surface area contributed by atoms with Gasteiger partial charge in [-0.3, -0.25) is 15.1 Å². The summed E-state index contributed by atoms with van der Waals surface area (Å²) in [5.74, 6) is 0.948. The number of fused-ring (bicyclic) bond motifs is 1. The van der Waals surface area contributed by atoms with Gasteiger partial charge in [0.2, 0.25) is 0 Å². The molecule has 44 heavy (non-hydrogen) atoms. The molecule has 10 nitrogen and oxygen atoms in total. The first-order valence-corrected chi connectivity index (χ1v) is 14.7. The summed E-state index contributed by atoms with van der Waals surface area (Å²) in [4.78, 5) is 15.5. The van der Waals surface area contributed by atoms with E-state index in [0.29, 0.717) is 52.9 Å². The molecular weight excluding hydrogens is 654 g/mol. The van der Waals surface area contributed by atoms with Gasteiger partial charge in [0.1, 0.15) is 50.0 Å². The standard InChI is InChI=1S/C32H27BrClN3O7/c33-31-22(2-1-3-24(31)21-4-5-27-30(10-21)42-7-6-41-27)18-44-29-11-28(43-17-20-8-19(12-35)13-36-14-20)23(9-25(29)34)15-37-26(16-38)32(39)40/h1-5,8-11,13-14,26,37-38H,6-7,15-18H2,(H,39,40). The molecule has 5 rings (SSSR count). The lowest BCUT2D eigenvalue weighted by Gasteiger charge is -2.20. The average molecular weight is 681 g/mol. The minimum atomic E-state index is -1.19. The second-order valence-electron chi connectivity index (χ2n) is 9.75. The number of carboxylic acids is 1. The number of pyridine rings is 1. The van der Waals surface area contributed by atoms with Gasteiger partial charge in [0.15, 0.2) is 11.5 Å². The molecule has 1 unspecified atom stereocenters. The number of aliphatic hydroxyl groups is 1. The van der Waals surface area contributed by atoms with E-state index >= 15 is 0 Å². The van der Waals surface area contributed by atoms with Crippen molar-refractivity contribution in [3.63, 3.8) is 0 Å². The largest absolute Gasteiger partial charge is 0.488 e. The number of aromatic nitrogens is 1. The van der Waals surface area contributed by atoms with E-state index in [4.69, 9.17) is 30.5 Å². The molecule has 3 aromatic carbocycles. The van der Waals surface area contributed by atoms with Crippen LogP contribution in [0, 0.1) is 11.3 Å². The van der Waals surface area contributed by atoms with Crippen molar-refractivity contribution in [1.29, 1.82) is 5.26 Å². The lowest BCUT2D eigenvalue weighted by Crippen LogP contribution is -2.39. The van der Waals surface area contributed by atoms with E-state index in [1.165, 1.54) is 6.20 Å². The van der Waals surface area contributed by atoms with Crippen LogP contribution in [-0.2, 0) is 24.6 Å². The summed E-state index contributed by atoms with van der Waals surface area (Å²) >= 11 is 10.3. The summed E-state index contributed by atoms with van der Waals surface area (Å²) in [5.41, 5.74) is 4.38. The van der Waals surface area contributed by atoms with Crippen LogP contribution >= 0.6 is 27.5 Å². The van der Waals surface area contributed by atoms with E-state index in [-0.39, 0.29) is 24.8 Å². The number of halogens is 2. The predicted molar refractivity (Wildman–Crippen MR) is 165 cm³/mol. The van der Waals surface area contributed by atoms with Crippen molar-refractivity contribution in [2.75, 3.05) is 19.8 Å². The molecule has 0 amide bonds. The fourth-order valence-corrected chi connectivity index (χ4v) is 5.34. The van der Waals surface area contributed by atoms with Crippen molar-refractivity contribution in [2.24, 2.45) is 0 Å². The molecule has 2 heterocycles.